The first kappa shape index (κ1) is 9.93. The molecule has 1 atom stereocenters. The molecule has 1 aromatic carbocycles. The molecule has 2 rings (SSSR count). The highest BCUT2D eigenvalue weighted by Gasteiger charge is 2.16. The lowest BCUT2D eigenvalue weighted by Crippen LogP contribution is -2.03. The van der Waals surface area contributed by atoms with E-state index in [0.717, 1.165) is 0 Å². The molecular formula is C12H12FNO. The summed E-state index contributed by atoms with van der Waals surface area (Å²) < 4.78 is 13.7. The van der Waals surface area contributed by atoms with E-state index in [4.69, 9.17) is 0 Å². The number of nitrogens with one attached hydrogen (secondary N) is 1. The molecule has 0 fully saturated rings. The van der Waals surface area contributed by atoms with Crippen molar-refractivity contribution in [1.82, 2.24) is 4.98 Å². The highest BCUT2D eigenvalue weighted by atomic mass is 19.1. The van der Waals surface area contributed by atoms with Crippen molar-refractivity contribution < 1.29 is 9.50 Å². The van der Waals surface area contributed by atoms with Crippen LogP contribution in [-0.4, -0.2) is 10.1 Å². The average Bonchev–Trinajstić information content (AvgIpc) is 2.74. The summed E-state index contributed by atoms with van der Waals surface area (Å²) in [5.74, 6) is -0.348. The number of H-pyrrole nitrogens is 1. The van der Waals surface area contributed by atoms with Crippen LogP contribution in [0.1, 0.15) is 22.9 Å². The third kappa shape index (κ3) is 1.78. The second kappa shape index (κ2) is 3.87. The first-order valence-electron chi connectivity index (χ1n) is 4.76. The van der Waals surface area contributed by atoms with Gasteiger partial charge in [0.05, 0.1) is 0 Å². The third-order valence-corrected chi connectivity index (χ3v) is 2.43. The van der Waals surface area contributed by atoms with E-state index < -0.39 is 6.10 Å². The topological polar surface area (TPSA) is 36.0 Å². The molecule has 0 aliphatic rings. The number of hydrogen-bond donors (Lipinski definition) is 2. The summed E-state index contributed by atoms with van der Waals surface area (Å²) in [7, 11) is 0. The molecule has 2 aromatic rings. The summed E-state index contributed by atoms with van der Waals surface area (Å²) in [5.41, 5.74) is 1.44. The maximum atomic E-state index is 13.7. The molecule has 1 unspecified atom stereocenters. The summed E-state index contributed by atoms with van der Waals surface area (Å²) in [5, 5.41) is 9.91. The van der Waals surface area contributed by atoms with Crippen molar-refractivity contribution in [3.8, 4) is 0 Å². The van der Waals surface area contributed by atoms with Crippen molar-refractivity contribution in [2.45, 2.75) is 13.0 Å². The predicted octanol–water partition coefficient (Wildman–Crippen LogP) is 2.54. The van der Waals surface area contributed by atoms with Gasteiger partial charge in [0, 0.05) is 17.5 Å². The van der Waals surface area contributed by atoms with Gasteiger partial charge in [-0.3, -0.25) is 0 Å². The molecule has 2 nitrogen and oxygen atoms in total. The predicted molar refractivity (Wildman–Crippen MR) is 56.0 cm³/mol. The lowest BCUT2D eigenvalue weighted by molar-refractivity contribution is 0.210. The smallest absolute Gasteiger partial charge is 0.132 e. The number of hydrogen-bond acceptors (Lipinski definition) is 1. The molecule has 0 radical (unpaired) electrons. The number of aliphatic hydroxyl groups is 1. The molecule has 2 N–H and O–H groups in total. The van der Waals surface area contributed by atoms with Crippen molar-refractivity contribution in [2.24, 2.45) is 0 Å². The van der Waals surface area contributed by atoms with E-state index in [-0.39, 0.29) is 5.82 Å². The number of aliphatic hydroxyl groups excluding tert-OH is 1. The number of aromatic amines is 1. The maximum Gasteiger partial charge on any atom is 0.132 e. The van der Waals surface area contributed by atoms with Gasteiger partial charge in [-0.2, -0.15) is 0 Å². The van der Waals surface area contributed by atoms with E-state index in [1.54, 1.807) is 43.5 Å². The number of aryl methyl sites for hydroxylation is 1. The van der Waals surface area contributed by atoms with Gasteiger partial charge in [0.2, 0.25) is 0 Å². The number of benzene rings is 1. The van der Waals surface area contributed by atoms with E-state index in [2.05, 4.69) is 4.98 Å². The molecule has 0 saturated heterocycles. The highest BCUT2D eigenvalue weighted by Crippen LogP contribution is 2.24. The number of halogens is 1. The van der Waals surface area contributed by atoms with Crippen LogP contribution in [0, 0.1) is 12.7 Å². The van der Waals surface area contributed by atoms with Crippen molar-refractivity contribution in [3.05, 3.63) is 59.2 Å². The minimum Gasteiger partial charge on any atom is -0.382 e. The number of aromatic nitrogens is 1. The standard InChI is InChI=1S/C12H12FNO/c1-8-4-2-5-9(11(8)13)12(15)10-6-3-7-14-10/h2-7,12,14-15H,1H3. The third-order valence-electron chi connectivity index (χ3n) is 2.43. The van der Waals surface area contributed by atoms with E-state index in [9.17, 15) is 9.50 Å². The fourth-order valence-corrected chi connectivity index (χ4v) is 1.56. The minimum absolute atomic E-state index is 0.303. The molecule has 1 heterocycles. The first-order chi connectivity index (χ1) is 7.20. The van der Waals surface area contributed by atoms with Gasteiger partial charge < -0.3 is 10.1 Å². The van der Waals surface area contributed by atoms with Gasteiger partial charge in [-0.25, -0.2) is 4.39 Å². The summed E-state index contributed by atoms with van der Waals surface area (Å²) in [6, 6.07) is 8.51. The van der Waals surface area contributed by atoms with Crippen LogP contribution in [-0.2, 0) is 0 Å². The largest absolute Gasteiger partial charge is 0.382 e. The zero-order valence-corrected chi connectivity index (χ0v) is 8.37. The molecule has 78 valence electrons. The monoisotopic (exact) mass is 205 g/mol. The normalized spacial score (nSPS) is 12.7. The Morgan fingerprint density at radius 1 is 1.27 bits per heavy atom. The molecule has 0 bridgehead atoms. The van der Waals surface area contributed by atoms with E-state index in [1.165, 1.54) is 0 Å². The molecule has 3 heteroatoms. The Morgan fingerprint density at radius 2 is 2.07 bits per heavy atom. The van der Waals surface area contributed by atoms with Crippen molar-refractivity contribution in [1.29, 1.82) is 0 Å². The molecular weight excluding hydrogens is 193 g/mol. The molecule has 1 aromatic heterocycles. The molecule has 0 aliphatic heterocycles. The Balaban J connectivity index is 2.42. The van der Waals surface area contributed by atoms with Gasteiger partial charge in [0.15, 0.2) is 0 Å². The molecule has 0 aliphatic carbocycles. The summed E-state index contributed by atoms with van der Waals surface area (Å²) in [4.78, 5) is 2.87. The molecule has 0 amide bonds. The lowest BCUT2D eigenvalue weighted by atomic mass is 10.0. The van der Waals surface area contributed by atoms with Crippen LogP contribution in [0.2, 0.25) is 0 Å². The van der Waals surface area contributed by atoms with Crippen LogP contribution in [0.15, 0.2) is 36.5 Å². The average molecular weight is 205 g/mol. The van der Waals surface area contributed by atoms with E-state index in [1.807, 2.05) is 0 Å². The van der Waals surface area contributed by atoms with Gasteiger partial charge >= 0.3 is 0 Å². The van der Waals surface area contributed by atoms with Gasteiger partial charge in [0.1, 0.15) is 11.9 Å². The summed E-state index contributed by atoms with van der Waals surface area (Å²) in [6.45, 7) is 1.68. The van der Waals surface area contributed by atoms with Crippen molar-refractivity contribution >= 4 is 0 Å². The highest BCUT2D eigenvalue weighted by molar-refractivity contribution is 5.31. The van der Waals surface area contributed by atoms with Crippen LogP contribution in [0.5, 0.6) is 0 Å². The van der Waals surface area contributed by atoms with Gasteiger partial charge in [-0.1, -0.05) is 18.2 Å². The Hall–Kier alpha value is -1.61. The van der Waals surface area contributed by atoms with Gasteiger partial charge in [0.25, 0.3) is 0 Å². The molecule has 15 heavy (non-hydrogen) atoms. The van der Waals surface area contributed by atoms with Gasteiger partial charge in [-0.15, -0.1) is 0 Å². The first-order valence-corrected chi connectivity index (χ1v) is 4.76. The Bertz CT molecular complexity index is 451. The van der Waals surface area contributed by atoms with E-state index >= 15 is 0 Å². The number of rotatable bonds is 2. The SMILES string of the molecule is Cc1cccc(C(O)c2ccc[nH]2)c1F. The zero-order chi connectivity index (χ0) is 10.8. The van der Waals surface area contributed by atoms with Crippen LogP contribution in [0.4, 0.5) is 4.39 Å². The lowest BCUT2D eigenvalue weighted by Gasteiger charge is -2.11. The molecule has 0 saturated carbocycles. The molecule has 0 spiro atoms. The zero-order valence-electron chi connectivity index (χ0n) is 8.37. The maximum absolute atomic E-state index is 13.7. The van der Waals surface area contributed by atoms with Crippen molar-refractivity contribution in [3.63, 3.8) is 0 Å². The Kier molecular flexibility index (Phi) is 2.56. The summed E-state index contributed by atoms with van der Waals surface area (Å²) >= 11 is 0. The Morgan fingerprint density at radius 3 is 2.73 bits per heavy atom. The van der Waals surface area contributed by atoms with Crippen LogP contribution >= 0.6 is 0 Å². The van der Waals surface area contributed by atoms with Crippen molar-refractivity contribution in [2.75, 3.05) is 0 Å². The minimum atomic E-state index is -0.931. The van der Waals surface area contributed by atoms with Crippen LogP contribution < -0.4 is 0 Å². The second-order valence-electron chi connectivity index (χ2n) is 3.51. The second-order valence-corrected chi connectivity index (χ2v) is 3.51. The van der Waals surface area contributed by atoms with Crippen LogP contribution in [0.3, 0.4) is 0 Å². The summed E-state index contributed by atoms with van der Waals surface area (Å²) in [6.07, 6.45) is 0.770. The fraction of sp³-hybridized carbons (Fsp3) is 0.167. The Labute approximate surface area is 87.4 Å². The van der Waals surface area contributed by atoms with E-state index in [0.29, 0.717) is 16.8 Å². The van der Waals surface area contributed by atoms with Crippen LogP contribution in [0.25, 0.3) is 0 Å². The fourth-order valence-electron chi connectivity index (χ4n) is 1.56. The quantitative estimate of drug-likeness (QED) is 0.776. The van der Waals surface area contributed by atoms with Gasteiger partial charge in [-0.05, 0) is 24.6 Å².